The van der Waals surface area contributed by atoms with E-state index in [9.17, 15) is 22.4 Å². The largest absolute Gasteiger partial charge is 0.433 e. The quantitative estimate of drug-likeness (QED) is 0.299. The van der Waals surface area contributed by atoms with Gasteiger partial charge in [-0.1, -0.05) is 36.2 Å². The molecule has 0 spiro atoms. The number of benzene rings is 2. The zero-order valence-electron chi connectivity index (χ0n) is 21.4. The molecule has 2 atom stereocenters. The van der Waals surface area contributed by atoms with Crippen LogP contribution in [0.15, 0.2) is 42.5 Å². The van der Waals surface area contributed by atoms with Crippen LogP contribution in [0, 0.1) is 17.7 Å². The second-order valence-electron chi connectivity index (χ2n) is 10.7. The number of hydrogen-bond acceptors (Lipinski definition) is 3. The van der Waals surface area contributed by atoms with Gasteiger partial charge in [0.25, 0.3) is 5.91 Å². The minimum atomic E-state index is -4.72. The molecule has 0 N–H and O–H groups in total. The van der Waals surface area contributed by atoms with Gasteiger partial charge in [-0.3, -0.25) is 9.69 Å². The molecule has 39 heavy (non-hydrogen) atoms. The Labute approximate surface area is 234 Å². The summed E-state index contributed by atoms with van der Waals surface area (Å²) in [5, 5.41) is 1.21. The van der Waals surface area contributed by atoms with E-state index >= 15 is 0 Å². The number of fused-ring (bicyclic) bond motifs is 1. The molecule has 10 heteroatoms. The van der Waals surface area contributed by atoms with Gasteiger partial charge in [0.15, 0.2) is 0 Å². The molecule has 4 nitrogen and oxygen atoms in total. The van der Waals surface area contributed by atoms with Crippen molar-refractivity contribution < 1.29 is 22.4 Å². The van der Waals surface area contributed by atoms with Gasteiger partial charge in [-0.15, -0.1) is 0 Å². The third kappa shape index (κ3) is 6.18. The number of halogens is 6. The van der Waals surface area contributed by atoms with Gasteiger partial charge < -0.3 is 4.90 Å². The van der Waals surface area contributed by atoms with Crippen molar-refractivity contribution in [2.45, 2.75) is 44.8 Å². The van der Waals surface area contributed by atoms with E-state index in [2.05, 4.69) is 16.8 Å². The first-order valence-corrected chi connectivity index (χ1v) is 13.9. The molecule has 2 aliphatic rings. The van der Waals surface area contributed by atoms with E-state index in [0.29, 0.717) is 41.0 Å². The maximum atomic E-state index is 13.9. The van der Waals surface area contributed by atoms with Crippen molar-refractivity contribution in [3.8, 4) is 0 Å². The summed E-state index contributed by atoms with van der Waals surface area (Å²) in [7, 11) is 0. The van der Waals surface area contributed by atoms with Gasteiger partial charge in [-0.25, -0.2) is 9.37 Å². The van der Waals surface area contributed by atoms with Crippen LogP contribution in [0.5, 0.6) is 0 Å². The first kappa shape index (κ1) is 28.1. The summed E-state index contributed by atoms with van der Waals surface area (Å²) in [5.74, 6) is -0.144. The lowest BCUT2D eigenvalue weighted by Gasteiger charge is -2.44. The van der Waals surface area contributed by atoms with Crippen molar-refractivity contribution in [3.05, 3.63) is 75.1 Å². The van der Waals surface area contributed by atoms with E-state index in [-0.39, 0.29) is 16.5 Å². The van der Waals surface area contributed by atoms with Crippen molar-refractivity contribution in [1.82, 2.24) is 14.8 Å². The number of rotatable bonds is 4. The minimum Gasteiger partial charge on any atom is -0.339 e. The number of hydrogen-bond donors (Lipinski definition) is 0. The molecule has 2 aromatic carbocycles. The standard InChI is InChI=1S/C29H29Cl2F4N3O/c1-17-16-38(9-6-19(17)12-18-2-4-24(30)25(31)13-18)21-7-10-37(11-8-21)28(39)23-15-27(29(33,34)35)36-26-5-3-20(32)14-22(23)26/h2-5,13-15,17,19,21H,6-12,16H2,1H3. The van der Waals surface area contributed by atoms with Crippen molar-refractivity contribution in [3.63, 3.8) is 0 Å². The van der Waals surface area contributed by atoms with E-state index in [1.54, 1.807) is 4.90 Å². The van der Waals surface area contributed by atoms with Crippen LogP contribution < -0.4 is 0 Å². The second kappa shape index (κ2) is 11.2. The van der Waals surface area contributed by atoms with Crippen LogP contribution in [0.4, 0.5) is 17.6 Å². The Bertz CT molecular complexity index is 1370. The number of amides is 1. The fourth-order valence-electron chi connectivity index (χ4n) is 5.96. The lowest BCUT2D eigenvalue weighted by molar-refractivity contribution is -0.141. The molecule has 0 radical (unpaired) electrons. The maximum absolute atomic E-state index is 13.9. The van der Waals surface area contributed by atoms with Crippen LogP contribution in [0.2, 0.25) is 10.0 Å². The van der Waals surface area contributed by atoms with Crippen LogP contribution in [-0.2, 0) is 12.6 Å². The van der Waals surface area contributed by atoms with Crippen LogP contribution in [0.3, 0.4) is 0 Å². The molecule has 1 aromatic heterocycles. The highest BCUT2D eigenvalue weighted by atomic mass is 35.5. The van der Waals surface area contributed by atoms with E-state index < -0.39 is 23.6 Å². The molecule has 2 saturated heterocycles. The van der Waals surface area contributed by atoms with E-state index in [1.165, 1.54) is 11.6 Å². The molecule has 3 aromatic rings. The molecular formula is C29H29Cl2F4N3O. The van der Waals surface area contributed by atoms with Crippen molar-refractivity contribution in [2.24, 2.45) is 11.8 Å². The van der Waals surface area contributed by atoms with Crippen molar-refractivity contribution in [2.75, 3.05) is 26.2 Å². The van der Waals surface area contributed by atoms with Gasteiger partial charge in [0.05, 0.1) is 21.1 Å². The Hall–Kier alpha value is -2.42. The molecule has 2 fully saturated rings. The van der Waals surface area contributed by atoms with Gasteiger partial charge in [-0.05, 0) is 86.0 Å². The zero-order valence-corrected chi connectivity index (χ0v) is 23.0. The van der Waals surface area contributed by atoms with Gasteiger partial charge in [0.2, 0.25) is 0 Å². The summed E-state index contributed by atoms with van der Waals surface area (Å²) >= 11 is 12.2. The summed E-state index contributed by atoms with van der Waals surface area (Å²) in [4.78, 5) is 21.1. The predicted molar refractivity (Wildman–Crippen MR) is 145 cm³/mol. The fourth-order valence-corrected chi connectivity index (χ4v) is 6.28. The Morgan fingerprint density at radius 2 is 1.74 bits per heavy atom. The third-order valence-electron chi connectivity index (χ3n) is 8.16. The topological polar surface area (TPSA) is 36.4 Å². The second-order valence-corrected chi connectivity index (χ2v) is 11.5. The van der Waals surface area contributed by atoms with Gasteiger partial charge in [-0.2, -0.15) is 13.2 Å². The highest BCUT2D eigenvalue weighted by molar-refractivity contribution is 6.42. The molecule has 0 bridgehead atoms. The number of aromatic nitrogens is 1. The molecule has 1 amide bonds. The van der Waals surface area contributed by atoms with Crippen LogP contribution in [0.25, 0.3) is 10.9 Å². The Balaban J connectivity index is 1.23. The summed E-state index contributed by atoms with van der Waals surface area (Å²) in [5.41, 5.74) is -0.194. The number of alkyl halides is 3. The summed E-state index contributed by atoms with van der Waals surface area (Å²) < 4.78 is 54.4. The monoisotopic (exact) mass is 581 g/mol. The Morgan fingerprint density at radius 1 is 1.00 bits per heavy atom. The number of piperidine rings is 2. The molecule has 0 aliphatic carbocycles. The number of pyridine rings is 1. The number of carbonyl (C=O) groups excluding carboxylic acids is 1. The molecule has 208 valence electrons. The van der Waals surface area contributed by atoms with Gasteiger partial charge in [0, 0.05) is 31.1 Å². The number of nitrogens with zero attached hydrogens (tertiary/aromatic N) is 3. The fraction of sp³-hybridized carbons (Fsp3) is 0.448. The highest BCUT2D eigenvalue weighted by Gasteiger charge is 2.36. The molecular weight excluding hydrogens is 553 g/mol. The highest BCUT2D eigenvalue weighted by Crippen LogP contribution is 2.34. The predicted octanol–water partition coefficient (Wildman–Crippen LogP) is 7.50. The molecule has 2 aliphatic heterocycles. The zero-order chi connectivity index (χ0) is 27.9. The van der Waals surface area contributed by atoms with Crippen LogP contribution in [-0.4, -0.2) is 52.9 Å². The minimum absolute atomic E-state index is 0.0535. The van der Waals surface area contributed by atoms with E-state index in [0.717, 1.165) is 57.0 Å². The first-order chi connectivity index (χ1) is 18.5. The SMILES string of the molecule is CC1CN(C2CCN(C(=O)c3cc(C(F)(F)F)nc4ccc(F)cc34)CC2)CCC1Cc1ccc(Cl)c(Cl)c1. The molecule has 3 heterocycles. The van der Waals surface area contributed by atoms with Gasteiger partial charge in [0.1, 0.15) is 11.5 Å². The number of likely N-dealkylation sites (tertiary alicyclic amines) is 2. The first-order valence-electron chi connectivity index (χ1n) is 13.1. The maximum Gasteiger partial charge on any atom is 0.433 e. The Kier molecular flexibility index (Phi) is 8.09. The van der Waals surface area contributed by atoms with E-state index in [4.69, 9.17) is 23.2 Å². The summed E-state index contributed by atoms with van der Waals surface area (Å²) in [6.45, 7) is 5.04. The lowest BCUT2D eigenvalue weighted by atomic mass is 9.81. The van der Waals surface area contributed by atoms with Crippen molar-refractivity contribution in [1.29, 1.82) is 0 Å². The molecule has 2 unspecified atom stereocenters. The average Bonchev–Trinajstić information content (AvgIpc) is 2.90. The summed E-state index contributed by atoms with van der Waals surface area (Å²) in [6.07, 6.45) is -1.25. The third-order valence-corrected chi connectivity index (χ3v) is 8.89. The van der Waals surface area contributed by atoms with Gasteiger partial charge >= 0.3 is 6.18 Å². The van der Waals surface area contributed by atoms with Crippen LogP contribution >= 0.6 is 23.2 Å². The van der Waals surface area contributed by atoms with E-state index in [1.807, 2.05) is 18.2 Å². The Morgan fingerprint density at radius 3 is 2.41 bits per heavy atom. The summed E-state index contributed by atoms with van der Waals surface area (Å²) in [6, 6.07) is 10.1. The van der Waals surface area contributed by atoms with Crippen molar-refractivity contribution >= 4 is 40.0 Å². The lowest BCUT2D eigenvalue weighted by Crippen LogP contribution is -2.51. The molecule has 0 saturated carbocycles. The smallest absolute Gasteiger partial charge is 0.339 e. The number of carbonyl (C=O) groups is 1. The van der Waals surface area contributed by atoms with Crippen LogP contribution in [0.1, 0.15) is 47.8 Å². The normalized spacial score (nSPS) is 21.5. The average molecular weight is 582 g/mol. The molecule has 5 rings (SSSR count).